The predicted molar refractivity (Wildman–Crippen MR) is 83.0 cm³/mol. The van der Waals surface area contributed by atoms with Gasteiger partial charge in [-0.3, -0.25) is 4.79 Å². The monoisotopic (exact) mass is 318 g/mol. The summed E-state index contributed by atoms with van der Waals surface area (Å²) < 4.78 is 7.09. The zero-order valence-corrected chi connectivity index (χ0v) is 13.5. The first-order valence-corrected chi connectivity index (χ1v) is 8.01. The van der Waals surface area contributed by atoms with Crippen molar-refractivity contribution in [1.29, 1.82) is 0 Å². The van der Waals surface area contributed by atoms with E-state index in [0.29, 0.717) is 49.4 Å². The van der Waals surface area contributed by atoms with Crippen LogP contribution in [0, 0.1) is 6.92 Å². The van der Waals surface area contributed by atoms with E-state index >= 15 is 0 Å². The third kappa shape index (κ3) is 3.01. The molecule has 0 radical (unpaired) electrons. The summed E-state index contributed by atoms with van der Waals surface area (Å²) in [4.78, 5) is 18.7. The molecular weight excluding hydrogens is 296 g/mol. The average Bonchev–Trinajstić information content (AvgIpc) is 3.15. The van der Waals surface area contributed by atoms with E-state index in [4.69, 9.17) is 4.52 Å². The van der Waals surface area contributed by atoms with Crippen LogP contribution in [0.2, 0.25) is 0 Å². The molecule has 1 fully saturated rings. The van der Waals surface area contributed by atoms with Gasteiger partial charge in [0.15, 0.2) is 0 Å². The fourth-order valence-corrected chi connectivity index (χ4v) is 3.18. The second-order valence-electron chi connectivity index (χ2n) is 5.93. The van der Waals surface area contributed by atoms with Crippen LogP contribution in [0.5, 0.6) is 0 Å². The van der Waals surface area contributed by atoms with Crippen LogP contribution in [0.1, 0.15) is 47.6 Å². The number of likely N-dealkylation sites (tertiary alicyclic amines) is 1. The first-order valence-electron chi connectivity index (χ1n) is 8.01. The molecule has 0 bridgehead atoms. The molecule has 0 unspecified atom stereocenters. The number of aliphatic hydroxyl groups excluding tert-OH is 1. The van der Waals surface area contributed by atoms with E-state index in [2.05, 4.69) is 10.1 Å². The normalized spacial score (nSPS) is 22.1. The molecule has 3 rings (SSSR count). The lowest BCUT2D eigenvalue weighted by Crippen LogP contribution is -2.33. The van der Waals surface area contributed by atoms with Crippen molar-refractivity contribution in [2.75, 3.05) is 13.1 Å². The van der Waals surface area contributed by atoms with Crippen LogP contribution in [-0.4, -0.2) is 49.8 Å². The number of carbonyl (C=O) groups excluding carboxylic acids is 1. The second kappa shape index (κ2) is 6.54. The highest BCUT2D eigenvalue weighted by molar-refractivity contribution is 5.96. The smallest absolute Gasteiger partial charge is 0.259 e. The van der Waals surface area contributed by atoms with Crippen molar-refractivity contribution in [3.63, 3.8) is 0 Å². The van der Waals surface area contributed by atoms with Crippen LogP contribution in [0.15, 0.2) is 23.2 Å². The molecule has 1 amide bonds. The maximum atomic E-state index is 12.8. The number of rotatable bonds is 3. The number of hydrogen-bond donors (Lipinski definition) is 1. The van der Waals surface area contributed by atoms with E-state index in [0.717, 1.165) is 0 Å². The molecule has 1 aliphatic heterocycles. The van der Waals surface area contributed by atoms with Crippen molar-refractivity contribution in [3.8, 4) is 0 Å². The highest BCUT2D eigenvalue weighted by Gasteiger charge is 2.30. The van der Waals surface area contributed by atoms with Crippen molar-refractivity contribution in [1.82, 2.24) is 19.6 Å². The molecule has 2 atom stereocenters. The molecular formula is C16H22N4O3. The van der Waals surface area contributed by atoms with Gasteiger partial charge in [-0.2, -0.15) is 0 Å². The minimum absolute atomic E-state index is 0.0514. The molecule has 0 saturated carbocycles. The third-order valence-corrected chi connectivity index (χ3v) is 4.51. The Morgan fingerprint density at radius 3 is 2.91 bits per heavy atom. The minimum Gasteiger partial charge on any atom is -0.391 e. The minimum atomic E-state index is -0.490. The Hall–Kier alpha value is -2.15. The van der Waals surface area contributed by atoms with Gasteiger partial charge in [-0.15, -0.1) is 0 Å². The Morgan fingerprint density at radius 2 is 2.22 bits per heavy atom. The summed E-state index contributed by atoms with van der Waals surface area (Å²) in [5.74, 6) is 0.502. The van der Waals surface area contributed by atoms with Gasteiger partial charge in [0.25, 0.3) is 5.91 Å². The van der Waals surface area contributed by atoms with Crippen LogP contribution in [-0.2, 0) is 6.42 Å². The van der Waals surface area contributed by atoms with Gasteiger partial charge < -0.3 is 19.1 Å². The summed E-state index contributed by atoms with van der Waals surface area (Å²) in [5.41, 5.74) is 1.27. The highest BCUT2D eigenvalue weighted by Crippen LogP contribution is 2.25. The van der Waals surface area contributed by atoms with Gasteiger partial charge in [-0.25, -0.2) is 4.98 Å². The summed E-state index contributed by atoms with van der Waals surface area (Å²) >= 11 is 0. The maximum Gasteiger partial charge on any atom is 0.259 e. The van der Waals surface area contributed by atoms with Crippen LogP contribution < -0.4 is 0 Å². The van der Waals surface area contributed by atoms with E-state index in [1.807, 2.05) is 17.7 Å². The molecule has 7 nitrogen and oxygen atoms in total. The van der Waals surface area contributed by atoms with E-state index in [1.54, 1.807) is 24.3 Å². The average molecular weight is 318 g/mol. The summed E-state index contributed by atoms with van der Waals surface area (Å²) in [6.07, 6.45) is 6.67. The zero-order chi connectivity index (χ0) is 16.4. The van der Waals surface area contributed by atoms with Gasteiger partial charge in [-0.05, 0) is 26.2 Å². The molecule has 7 heteroatoms. The third-order valence-electron chi connectivity index (χ3n) is 4.51. The number of aliphatic hydroxyl groups is 1. The summed E-state index contributed by atoms with van der Waals surface area (Å²) in [7, 11) is 0. The van der Waals surface area contributed by atoms with E-state index in [9.17, 15) is 9.90 Å². The van der Waals surface area contributed by atoms with E-state index in [-0.39, 0.29) is 11.9 Å². The van der Waals surface area contributed by atoms with Crippen LogP contribution in [0.25, 0.3) is 0 Å². The van der Waals surface area contributed by atoms with Crippen molar-refractivity contribution >= 4 is 5.91 Å². The number of aryl methyl sites for hydroxylation is 2. The Balaban J connectivity index is 1.77. The van der Waals surface area contributed by atoms with Gasteiger partial charge in [-0.1, -0.05) is 12.1 Å². The summed E-state index contributed by atoms with van der Waals surface area (Å²) in [5, 5.41) is 14.3. The molecule has 0 spiro atoms. The lowest BCUT2D eigenvalue weighted by molar-refractivity contribution is 0.0749. The first kappa shape index (κ1) is 15.7. The van der Waals surface area contributed by atoms with Gasteiger partial charge in [0, 0.05) is 25.5 Å². The van der Waals surface area contributed by atoms with Gasteiger partial charge >= 0.3 is 0 Å². The summed E-state index contributed by atoms with van der Waals surface area (Å²) in [6, 6.07) is -0.0514. The van der Waals surface area contributed by atoms with Gasteiger partial charge in [0.2, 0.25) is 0 Å². The molecule has 2 aromatic rings. The maximum absolute atomic E-state index is 12.8. The number of imidazole rings is 1. The van der Waals surface area contributed by atoms with E-state index in [1.165, 1.54) is 0 Å². The second-order valence-corrected chi connectivity index (χ2v) is 5.93. The van der Waals surface area contributed by atoms with E-state index < -0.39 is 6.10 Å². The number of nitrogens with zero attached hydrogens (tertiary/aromatic N) is 4. The molecule has 3 heterocycles. The number of hydrogen-bond acceptors (Lipinski definition) is 5. The van der Waals surface area contributed by atoms with Crippen molar-refractivity contribution in [2.24, 2.45) is 0 Å². The molecule has 1 saturated heterocycles. The standard InChI is InChI=1S/C16H22N4O3/c1-3-12-15(11(2)23-18-12)16(22)19-7-4-13(14(21)5-8-19)20-9-6-17-10-20/h6,9-10,13-14,21H,3-5,7-8H2,1-2H3/t13-,14-/m0/s1. The van der Waals surface area contributed by atoms with Gasteiger partial charge in [0.05, 0.1) is 24.2 Å². The molecule has 2 aromatic heterocycles. The predicted octanol–water partition coefficient (Wildman–Crippen LogP) is 1.58. The van der Waals surface area contributed by atoms with Crippen molar-refractivity contribution in [2.45, 2.75) is 45.3 Å². The van der Waals surface area contributed by atoms with Crippen LogP contribution >= 0.6 is 0 Å². The van der Waals surface area contributed by atoms with Crippen LogP contribution in [0.3, 0.4) is 0 Å². The fourth-order valence-electron chi connectivity index (χ4n) is 3.18. The largest absolute Gasteiger partial charge is 0.391 e. The lowest BCUT2D eigenvalue weighted by atomic mass is 10.1. The molecule has 0 aliphatic carbocycles. The number of carbonyl (C=O) groups is 1. The Morgan fingerprint density at radius 1 is 1.43 bits per heavy atom. The Bertz CT molecular complexity index is 665. The topological polar surface area (TPSA) is 84.4 Å². The quantitative estimate of drug-likeness (QED) is 0.929. The van der Waals surface area contributed by atoms with Gasteiger partial charge in [0.1, 0.15) is 11.3 Å². The highest BCUT2D eigenvalue weighted by atomic mass is 16.5. The summed E-state index contributed by atoms with van der Waals surface area (Å²) in [6.45, 7) is 4.83. The number of amides is 1. The first-order chi connectivity index (χ1) is 11.1. The lowest BCUT2D eigenvalue weighted by Gasteiger charge is -2.21. The molecule has 0 aromatic carbocycles. The SMILES string of the molecule is CCc1noc(C)c1C(=O)N1CC[C@H](O)[C@@H](n2ccnc2)CC1. The molecule has 23 heavy (non-hydrogen) atoms. The van der Waals surface area contributed by atoms with Crippen LogP contribution in [0.4, 0.5) is 0 Å². The molecule has 1 N–H and O–H groups in total. The zero-order valence-electron chi connectivity index (χ0n) is 13.5. The van der Waals surface area contributed by atoms with Crippen molar-refractivity contribution in [3.05, 3.63) is 35.7 Å². The Labute approximate surface area is 134 Å². The van der Waals surface area contributed by atoms with Crippen molar-refractivity contribution < 1.29 is 14.4 Å². The Kier molecular flexibility index (Phi) is 4.47. The molecule has 1 aliphatic rings. The number of aromatic nitrogens is 3. The fraction of sp³-hybridized carbons (Fsp3) is 0.562. The molecule has 124 valence electrons.